The highest BCUT2D eigenvalue weighted by molar-refractivity contribution is 7.13. The second-order valence-electron chi connectivity index (χ2n) is 6.32. The molecule has 0 aliphatic carbocycles. The maximum atomic E-state index is 5.26. The molecule has 130 valence electrons. The summed E-state index contributed by atoms with van der Waals surface area (Å²) in [5, 5.41) is 14.9. The highest BCUT2D eigenvalue weighted by Gasteiger charge is 2.21. The molecule has 0 saturated carbocycles. The predicted octanol–water partition coefficient (Wildman–Crippen LogP) is 3.13. The van der Waals surface area contributed by atoms with Crippen LogP contribution in [0, 0.1) is 13.8 Å². The lowest BCUT2D eigenvalue weighted by molar-refractivity contribution is 0.247. The summed E-state index contributed by atoms with van der Waals surface area (Å²) in [5.74, 6) is 1.88. The third kappa shape index (κ3) is 3.43. The standard InChI is InChI=1S/C18H21N5OS/c1-13-15(14(2)24-21-13)12-22-7-9-23(10-8-22)18-6-5-16(19-20-18)17-4-3-11-25-17/h3-6,11H,7-10,12H2,1-2H3. The highest BCUT2D eigenvalue weighted by atomic mass is 32.1. The molecule has 0 atom stereocenters. The molecule has 0 amide bonds. The fourth-order valence-corrected chi connectivity index (χ4v) is 3.83. The van der Waals surface area contributed by atoms with Gasteiger partial charge in [-0.2, -0.15) is 0 Å². The van der Waals surface area contributed by atoms with Crippen molar-refractivity contribution in [2.45, 2.75) is 20.4 Å². The Morgan fingerprint density at radius 2 is 1.92 bits per heavy atom. The minimum atomic E-state index is 0.901. The second-order valence-corrected chi connectivity index (χ2v) is 7.27. The van der Waals surface area contributed by atoms with Crippen LogP contribution in [-0.2, 0) is 6.54 Å². The number of anilines is 1. The van der Waals surface area contributed by atoms with Crippen LogP contribution in [0.1, 0.15) is 17.0 Å². The number of aryl methyl sites for hydroxylation is 2. The summed E-state index contributed by atoms with van der Waals surface area (Å²) in [7, 11) is 0. The molecule has 0 unspecified atom stereocenters. The van der Waals surface area contributed by atoms with E-state index in [0.29, 0.717) is 0 Å². The Bertz CT molecular complexity index is 800. The fraction of sp³-hybridized carbons (Fsp3) is 0.389. The summed E-state index contributed by atoms with van der Waals surface area (Å²) in [6.07, 6.45) is 0. The molecule has 0 aromatic carbocycles. The summed E-state index contributed by atoms with van der Waals surface area (Å²) in [4.78, 5) is 5.90. The summed E-state index contributed by atoms with van der Waals surface area (Å²) in [6.45, 7) is 8.80. The number of nitrogens with zero attached hydrogens (tertiary/aromatic N) is 5. The molecule has 0 N–H and O–H groups in total. The van der Waals surface area contributed by atoms with E-state index in [2.05, 4.69) is 48.7 Å². The van der Waals surface area contributed by atoms with Crippen molar-refractivity contribution in [1.82, 2.24) is 20.3 Å². The predicted molar refractivity (Wildman–Crippen MR) is 98.8 cm³/mol. The van der Waals surface area contributed by atoms with Crippen LogP contribution in [-0.4, -0.2) is 46.4 Å². The van der Waals surface area contributed by atoms with Gasteiger partial charge in [-0.25, -0.2) is 0 Å². The SMILES string of the molecule is Cc1noc(C)c1CN1CCN(c2ccc(-c3cccs3)nn2)CC1. The van der Waals surface area contributed by atoms with Gasteiger partial charge in [0.05, 0.1) is 10.6 Å². The van der Waals surface area contributed by atoms with Gasteiger partial charge in [-0.15, -0.1) is 21.5 Å². The maximum Gasteiger partial charge on any atom is 0.151 e. The first-order valence-electron chi connectivity index (χ1n) is 8.47. The monoisotopic (exact) mass is 355 g/mol. The van der Waals surface area contributed by atoms with Crippen molar-refractivity contribution in [1.29, 1.82) is 0 Å². The Labute approximate surface area is 151 Å². The number of thiophene rings is 1. The first kappa shape index (κ1) is 16.2. The van der Waals surface area contributed by atoms with Crippen LogP contribution in [0.15, 0.2) is 34.2 Å². The summed E-state index contributed by atoms with van der Waals surface area (Å²) in [5.41, 5.74) is 3.15. The van der Waals surface area contributed by atoms with E-state index < -0.39 is 0 Å². The lowest BCUT2D eigenvalue weighted by Crippen LogP contribution is -2.46. The lowest BCUT2D eigenvalue weighted by Gasteiger charge is -2.35. The average Bonchev–Trinajstić information content (AvgIpc) is 3.29. The minimum absolute atomic E-state index is 0.901. The van der Waals surface area contributed by atoms with E-state index in [1.807, 2.05) is 19.9 Å². The molecule has 7 heteroatoms. The van der Waals surface area contributed by atoms with E-state index in [4.69, 9.17) is 4.52 Å². The van der Waals surface area contributed by atoms with Crippen LogP contribution < -0.4 is 4.90 Å². The summed E-state index contributed by atoms with van der Waals surface area (Å²) in [6, 6.07) is 8.24. The van der Waals surface area contributed by atoms with E-state index in [1.165, 1.54) is 5.56 Å². The molecular weight excluding hydrogens is 334 g/mol. The molecule has 1 fully saturated rings. The fourth-order valence-electron chi connectivity index (χ4n) is 3.14. The van der Waals surface area contributed by atoms with Crippen LogP contribution in [0.4, 0.5) is 5.82 Å². The Morgan fingerprint density at radius 1 is 1.08 bits per heavy atom. The first-order chi connectivity index (χ1) is 12.2. The van der Waals surface area contributed by atoms with Gasteiger partial charge in [-0.1, -0.05) is 11.2 Å². The van der Waals surface area contributed by atoms with Crippen molar-refractivity contribution in [2.75, 3.05) is 31.1 Å². The smallest absolute Gasteiger partial charge is 0.151 e. The molecule has 3 aromatic rings. The topological polar surface area (TPSA) is 58.3 Å². The Balaban J connectivity index is 1.37. The molecule has 25 heavy (non-hydrogen) atoms. The zero-order valence-electron chi connectivity index (χ0n) is 14.5. The number of aromatic nitrogens is 3. The van der Waals surface area contributed by atoms with E-state index in [9.17, 15) is 0 Å². The maximum absolute atomic E-state index is 5.26. The zero-order chi connectivity index (χ0) is 17.2. The van der Waals surface area contributed by atoms with Crippen LogP contribution in [0.3, 0.4) is 0 Å². The quantitative estimate of drug-likeness (QED) is 0.717. The van der Waals surface area contributed by atoms with Crippen molar-refractivity contribution in [3.8, 4) is 10.6 Å². The van der Waals surface area contributed by atoms with Crippen LogP contribution in [0.5, 0.6) is 0 Å². The van der Waals surface area contributed by atoms with Gasteiger partial charge < -0.3 is 9.42 Å². The summed E-state index contributed by atoms with van der Waals surface area (Å²) < 4.78 is 5.26. The van der Waals surface area contributed by atoms with E-state index in [-0.39, 0.29) is 0 Å². The number of hydrogen-bond donors (Lipinski definition) is 0. The molecule has 1 saturated heterocycles. The molecule has 4 rings (SSSR count). The molecule has 0 spiro atoms. The van der Waals surface area contributed by atoms with E-state index in [1.54, 1.807) is 11.3 Å². The van der Waals surface area contributed by atoms with Crippen molar-refractivity contribution in [2.24, 2.45) is 0 Å². The zero-order valence-corrected chi connectivity index (χ0v) is 15.3. The molecule has 3 aromatic heterocycles. The third-order valence-corrected chi connectivity index (χ3v) is 5.58. The van der Waals surface area contributed by atoms with Gasteiger partial charge >= 0.3 is 0 Å². The number of piperazine rings is 1. The van der Waals surface area contributed by atoms with Gasteiger partial charge in [0.15, 0.2) is 5.82 Å². The Morgan fingerprint density at radius 3 is 2.52 bits per heavy atom. The molecule has 0 bridgehead atoms. The van der Waals surface area contributed by atoms with Crippen molar-refractivity contribution in [3.05, 3.63) is 46.7 Å². The van der Waals surface area contributed by atoms with E-state index >= 15 is 0 Å². The molecule has 4 heterocycles. The highest BCUT2D eigenvalue weighted by Crippen LogP contribution is 2.24. The van der Waals surface area contributed by atoms with Crippen LogP contribution >= 0.6 is 11.3 Å². The molecule has 1 aliphatic heterocycles. The van der Waals surface area contributed by atoms with E-state index in [0.717, 1.165) is 60.6 Å². The molecule has 6 nitrogen and oxygen atoms in total. The summed E-state index contributed by atoms with van der Waals surface area (Å²) >= 11 is 1.69. The number of hydrogen-bond acceptors (Lipinski definition) is 7. The molecule has 1 aliphatic rings. The third-order valence-electron chi connectivity index (χ3n) is 4.68. The van der Waals surface area contributed by atoms with Gasteiger partial charge in [0.1, 0.15) is 11.5 Å². The van der Waals surface area contributed by atoms with Crippen molar-refractivity contribution >= 4 is 17.2 Å². The van der Waals surface area contributed by atoms with Gasteiger partial charge in [0.25, 0.3) is 0 Å². The van der Waals surface area contributed by atoms with Crippen LogP contribution in [0.25, 0.3) is 10.6 Å². The normalized spacial score (nSPS) is 15.7. The largest absolute Gasteiger partial charge is 0.361 e. The van der Waals surface area contributed by atoms with Gasteiger partial charge in [-0.3, -0.25) is 4.90 Å². The van der Waals surface area contributed by atoms with Crippen LogP contribution in [0.2, 0.25) is 0 Å². The Kier molecular flexibility index (Phi) is 4.50. The Hall–Kier alpha value is -2.25. The second kappa shape index (κ2) is 6.93. The van der Waals surface area contributed by atoms with Gasteiger partial charge in [-0.05, 0) is 37.4 Å². The first-order valence-corrected chi connectivity index (χ1v) is 9.35. The molecular formula is C18H21N5OS. The van der Waals surface area contributed by atoms with Crippen molar-refractivity contribution in [3.63, 3.8) is 0 Å². The average molecular weight is 355 g/mol. The van der Waals surface area contributed by atoms with Crippen molar-refractivity contribution < 1.29 is 4.52 Å². The van der Waals surface area contributed by atoms with Gasteiger partial charge in [0.2, 0.25) is 0 Å². The lowest BCUT2D eigenvalue weighted by atomic mass is 10.2. The molecule has 0 radical (unpaired) electrons. The minimum Gasteiger partial charge on any atom is -0.361 e. The number of rotatable bonds is 4. The van der Waals surface area contributed by atoms with Gasteiger partial charge in [0, 0.05) is 38.3 Å².